The van der Waals surface area contributed by atoms with E-state index in [0.29, 0.717) is 0 Å². The van der Waals surface area contributed by atoms with E-state index < -0.39 is 0 Å². The average Bonchev–Trinajstić information content (AvgIpc) is 2.60. The minimum Gasteiger partial charge on any atom is -0.0823 e. The van der Waals surface area contributed by atoms with Gasteiger partial charge in [0.1, 0.15) is 0 Å². The largest absolute Gasteiger partial charge is 0.0823 e. The Hall–Kier alpha value is -1.38. The van der Waals surface area contributed by atoms with Gasteiger partial charge in [-0.3, -0.25) is 0 Å². The molecule has 0 heterocycles. The van der Waals surface area contributed by atoms with Gasteiger partial charge in [0, 0.05) is 0 Å². The maximum atomic E-state index is 3.91. The first kappa shape index (κ1) is 14.2. The molecule has 0 aromatic heterocycles. The van der Waals surface area contributed by atoms with Crippen LogP contribution in [0.25, 0.3) is 22.3 Å². The molecule has 0 radical (unpaired) electrons. The molecule has 1 aliphatic carbocycles. The zero-order chi connectivity index (χ0) is 15.1. The van der Waals surface area contributed by atoms with Crippen molar-refractivity contribution >= 4 is 31.9 Å². The van der Waals surface area contributed by atoms with E-state index in [0.717, 1.165) is 0 Å². The fourth-order valence-electron chi connectivity index (χ4n) is 3.23. The van der Waals surface area contributed by atoms with Crippen molar-refractivity contribution in [3.8, 4) is 22.3 Å². The SMILES string of the molecule is Br[C@@H]1c2ccccc2-c2ccccc2-c2ccccc2[C@H]1Br. The third-order valence-corrected chi connectivity index (χ3v) is 7.03. The first-order chi connectivity index (χ1) is 10.8. The standard InChI is InChI=1S/C20H14Br2/c21-19-17-11-5-3-9-15(17)13-7-1-2-8-14(13)16-10-4-6-12-18(16)20(19)22/h1-12,19-20H/t19-,20-/m1/s1. The van der Waals surface area contributed by atoms with Crippen LogP contribution in [0, 0.1) is 0 Å². The molecule has 0 saturated carbocycles. The van der Waals surface area contributed by atoms with E-state index in [-0.39, 0.29) is 9.65 Å². The normalized spacial score (nSPS) is 19.4. The van der Waals surface area contributed by atoms with E-state index in [1.165, 1.54) is 33.4 Å². The summed E-state index contributed by atoms with van der Waals surface area (Å²) in [5, 5.41) is 0. The summed E-state index contributed by atoms with van der Waals surface area (Å²) in [4.78, 5) is 0.469. The molecule has 0 saturated heterocycles. The van der Waals surface area contributed by atoms with Crippen LogP contribution < -0.4 is 0 Å². The van der Waals surface area contributed by atoms with Crippen molar-refractivity contribution in [3.05, 3.63) is 83.9 Å². The van der Waals surface area contributed by atoms with Crippen molar-refractivity contribution in [2.75, 3.05) is 0 Å². The smallest absolute Gasteiger partial charge is 0.0567 e. The monoisotopic (exact) mass is 412 g/mol. The number of hydrogen-bond acceptors (Lipinski definition) is 0. The van der Waals surface area contributed by atoms with Crippen molar-refractivity contribution in [2.45, 2.75) is 9.65 Å². The summed E-state index contributed by atoms with van der Waals surface area (Å²) >= 11 is 7.82. The molecule has 0 amide bonds. The van der Waals surface area contributed by atoms with Crippen LogP contribution in [0.1, 0.15) is 20.8 Å². The van der Waals surface area contributed by atoms with Crippen molar-refractivity contribution in [3.63, 3.8) is 0 Å². The lowest BCUT2D eigenvalue weighted by molar-refractivity contribution is 0.938. The average molecular weight is 414 g/mol. The fraction of sp³-hybridized carbons (Fsp3) is 0.100. The van der Waals surface area contributed by atoms with Gasteiger partial charge >= 0.3 is 0 Å². The van der Waals surface area contributed by atoms with Crippen LogP contribution in [0.3, 0.4) is 0 Å². The van der Waals surface area contributed by atoms with Gasteiger partial charge in [-0.15, -0.1) is 0 Å². The van der Waals surface area contributed by atoms with Crippen molar-refractivity contribution in [1.29, 1.82) is 0 Å². The molecule has 0 spiro atoms. The zero-order valence-corrected chi connectivity index (χ0v) is 15.0. The molecule has 0 bridgehead atoms. The first-order valence-corrected chi connectivity index (χ1v) is 9.16. The summed E-state index contributed by atoms with van der Waals surface area (Å²) in [6, 6.07) is 26.0. The predicted molar refractivity (Wildman–Crippen MR) is 101 cm³/mol. The minimum atomic E-state index is 0.234. The van der Waals surface area contributed by atoms with E-state index in [9.17, 15) is 0 Å². The third kappa shape index (κ3) is 2.17. The second-order valence-electron chi connectivity index (χ2n) is 5.52. The summed E-state index contributed by atoms with van der Waals surface area (Å²) in [6.07, 6.45) is 0. The molecule has 4 rings (SSSR count). The maximum Gasteiger partial charge on any atom is 0.0567 e. The van der Waals surface area contributed by atoms with Gasteiger partial charge < -0.3 is 0 Å². The number of hydrogen-bond donors (Lipinski definition) is 0. The van der Waals surface area contributed by atoms with Crippen LogP contribution in [-0.2, 0) is 0 Å². The first-order valence-electron chi connectivity index (χ1n) is 7.33. The highest BCUT2D eigenvalue weighted by Crippen LogP contribution is 2.51. The summed E-state index contributed by atoms with van der Waals surface area (Å²) in [5.74, 6) is 0. The van der Waals surface area contributed by atoms with Gasteiger partial charge in [-0.1, -0.05) is 105 Å². The molecular formula is C20H14Br2. The van der Waals surface area contributed by atoms with Crippen molar-refractivity contribution in [1.82, 2.24) is 0 Å². The molecule has 0 fully saturated rings. The van der Waals surface area contributed by atoms with Gasteiger partial charge in [0.15, 0.2) is 0 Å². The zero-order valence-electron chi connectivity index (χ0n) is 11.8. The second-order valence-corrected chi connectivity index (χ2v) is 7.50. The Morgan fingerprint density at radius 3 is 1.18 bits per heavy atom. The Labute approximate surface area is 147 Å². The van der Waals surface area contributed by atoms with Gasteiger partial charge in [0.2, 0.25) is 0 Å². The molecule has 3 aromatic rings. The van der Waals surface area contributed by atoms with Crippen LogP contribution in [0.4, 0.5) is 0 Å². The summed E-state index contributed by atoms with van der Waals surface area (Å²) in [5.41, 5.74) is 7.86. The second kappa shape index (κ2) is 5.68. The number of benzene rings is 3. The minimum absolute atomic E-state index is 0.234. The number of halogens is 2. The Bertz CT molecular complexity index is 768. The Morgan fingerprint density at radius 2 is 0.773 bits per heavy atom. The number of alkyl halides is 2. The topological polar surface area (TPSA) is 0 Å². The molecular weight excluding hydrogens is 400 g/mol. The van der Waals surface area contributed by atoms with Gasteiger partial charge in [0.05, 0.1) is 9.65 Å². The van der Waals surface area contributed by atoms with Crippen molar-refractivity contribution in [2.24, 2.45) is 0 Å². The van der Waals surface area contributed by atoms with E-state index in [4.69, 9.17) is 0 Å². The van der Waals surface area contributed by atoms with Crippen LogP contribution in [0.15, 0.2) is 72.8 Å². The molecule has 1 aliphatic rings. The van der Waals surface area contributed by atoms with Crippen LogP contribution in [0.2, 0.25) is 0 Å². The molecule has 0 unspecified atom stereocenters. The Kier molecular flexibility index (Phi) is 3.67. The van der Waals surface area contributed by atoms with Gasteiger partial charge in [-0.25, -0.2) is 0 Å². The lowest BCUT2D eigenvalue weighted by Gasteiger charge is -2.27. The van der Waals surface area contributed by atoms with Gasteiger partial charge in [0.25, 0.3) is 0 Å². The predicted octanol–water partition coefficient (Wildman–Crippen LogP) is 6.91. The summed E-state index contributed by atoms with van der Waals surface area (Å²) in [6.45, 7) is 0. The van der Waals surface area contributed by atoms with Gasteiger partial charge in [-0.2, -0.15) is 0 Å². The molecule has 2 heteroatoms. The van der Waals surface area contributed by atoms with Crippen LogP contribution >= 0.6 is 31.9 Å². The summed E-state index contributed by atoms with van der Waals surface area (Å²) in [7, 11) is 0. The third-order valence-electron chi connectivity index (χ3n) is 4.28. The van der Waals surface area contributed by atoms with E-state index >= 15 is 0 Å². The highest BCUT2D eigenvalue weighted by Gasteiger charge is 2.28. The van der Waals surface area contributed by atoms with Crippen LogP contribution in [-0.4, -0.2) is 0 Å². The Morgan fingerprint density at radius 1 is 0.455 bits per heavy atom. The molecule has 108 valence electrons. The van der Waals surface area contributed by atoms with Crippen LogP contribution in [0.5, 0.6) is 0 Å². The van der Waals surface area contributed by atoms with E-state index in [2.05, 4.69) is 105 Å². The van der Waals surface area contributed by atoms with Gasteiger partial charge in [-0.05, 0) is 33.4 Å². The molecule has 0 nitrogen and oxygen atoms in total. The lowest BCUT2D eigenvalue weighted by Crippen LogP contribution is -2.06. The molecule has 2 atom stereocenters. The highest BCUT2D eigenvalue weighted by molar-refractivity contribution is 9.12. The quantitative estimate of drug-likeness (QED) is 0.351. The molecule has 0 aliphatic heterocycles. The maximum absolute atomic E-state index is 3.91. The van der Waals surface area contributed by atoms with Crippen molar-refractivity contribution < 1.29 is 0 Å². The number of fused-ring (bicyclic) bond motifs is 5. The molecule has 3 aromatic carbocycles. The molecule has 22 heavy (non-hydrogen) atoms. The number of rotatable bonds is 0. The van der Waals surface area contributed by atoms with E-state index in [1.54, 1.807) is 0 Å². The molecule has 0 N–H and O–H groups in total. The highest BCUT2D eigenvalue weighted by atomic mass is 79.9. The summed E-state index contributed by atoms with van der Waals surface area (Å²) < 4.78 is 0. The lowest BCUT2D eigenvalue weighted by atomic mass is 9.84. The van der Waals surface area contributed by atoms with E-state index in [1.807, 2.05) is 0 Å². The fourth-order valence-corrected chi connectivity index (χ4v) is 4.60. The Balaban J connectivity index is 2.13.